The number of benzene rings is 2. The highest BCUT2D eigenvalue weighted by Crippen LogP contribution is 2.26. The molecule has 1 N–H and O–H groups in total. The second-order valence-corrected chi connectivity index (χ2v) is 8.00. The van der Waals surface area contributed by atoms with E-state index in [1.54, 1.807) is 18.2 Å². The van der Waals surface area contributed by atoms with Crippen LogP contribution in [0, 0.1) is 19.7 Å². The Morgan fingerprint density at radius 2 is 1.62 bits per heavy atom. The Labute approximate surface area is 191 Å². The van der Waals surface area contributed by atoms with Gasteiger partial charge in [0.05, 0.1) is 5.69 Å². The monoisotopic (exact) mass is 447 g/mol. The Bertz CT molecular complexity index is 1260. The van der Waals surface area contributed by atoms with E-state index in [1.165, 1.54) is 17.0 Å². The molecule has 162 valence electrons. The summed E-state index contributed by atoms with van der Waals surface area (Å²) in [5.41, 5.74) is 4.97. The molecule has 0 saturated carbocycles. The summed E-state index contributed by atoms with van der Waals surface area (Å²) >= 11 is 5.28. The minimum absolute atomic E-state index is 0.00229. The zero-order valence-electron chi connectivity index (χ0n) is 18.0. The second kappa shape index (κ2) is 8.51. The molecule has 2 heterocycles. The van der Waals surface area contributed by atoms with Crippen molar-refractivity contribution < 1.29 is 14.0 Å². The van der Waals surface area contributed by atoms with Crippen molar-refractivity contribution >= 4 is 40.9 Å². The lowest BCUT2D eigenvalue weighted by atomic mass is 10.1. The highest BCUT2D eigenvalue weighted by atomic mass is 32.1. The second-order valence-electron chi connectivity index (χ2n) is 7.62. The zero-order valence-corrected chi connectivity index (χ0v) is 18.8. The van der Waals surface area contributed by atoms with E-state index >= 15 is 0 Å². The van der Waals surface area contributed by atoms with Gasteiger partial charge in [-0.15, -0.1) is 0 Å². The third kappa shape index (κ3) is 3.87. The van der Waals surface area contributed by atoms with E-state index < -0.39 is 11.8 Å². The van der Waals surface area contributed by atoms with Gasteiger partial charge in [-0.05, 0) is 92.2 Å². The van der Waals surface area contributed by atoms with Gasteiger partial charge in [0.2, 0.25) is 0 Å². The highest BCUT2D eigenvalue weighted by molar-refractivity contribution is 7.80. The number of nitrogens with one attached hydrogen (secondary N) is 1. The van der Waals surface area contributed by atoms with Gasteiger partial charge in [-0.25, -0.2) is 4.39 Å². The number of amides is 2. The van der Waals surface area contributed by atoms with E-state index in [2.05, 4.69) is 12.2 Å². The number of anilines is 1. The fraction of sp³-hybridized carbons (Fsp3) is 0.160. The molecule has 1 fully saturated rings. The molecular formula is C25H22FN3O2S. The fourth-order valence-corrected chi connectivity index (χ4v) is 4.13. The van der Waals surface area contributed by atoms with Crippen molar-refractivity contribution in [3.8, 4) is 5.69 Å². The molecule has 4 rings (SSSR count). The van der Waals surface area contributed by atoms with Gasteiger partial charge in [0.25, 0.3) is 11.8 Å². The predicted octanol–water partition coefficient (Wildman–Crippen LogP) is 4.63. The van der Waals surface area contributed by atoms with Crippen LogP contribution in [-0.4, -0.2) is 21.5 Å². The fourth-order valence-electron chi connectivity index (χ4n) is 3.85. The van der Waals surface area contributed by atoms with Gasteiger partial charge in [0, 0.05) is 17.1 Å². The van der Waals surface area contributed by atoms with Crippen molar-refractivity contribution in [2.75, 3.05) is 4.90 Å². The molecule has 0 aliphatic carbocycles. The molecule has 1 aliphatic heterocycles. The number of hydrogen-bond donors (Lipinski definition) is 1. The first kappa shape index (κ1) is 21.6. The summed E-state index contributed by atoms with van der Waals surface area (Å²) in [5.74, 6) is -1.33. The molecule has 0 spiro atoms. The zero-order chi connectivity index (χ0) is 23.0. The first-order valence-corrected chi connectivity index (χ1v) is 10.7. The first-order valence-electron chi connectivity index (χ1n) is 10.3. The van der Waals surface area contributed by atoms with E-state index in [4.69, 9.17) is 12.2 Å². The number of hydrogen-bond acceptors (Lipinski definition) is 3. The van der Waals surface area contributed by atoms with Crippen LogP contribution in [0.1, 0.15) is 29.4 Å². The number of halogens is 1. The largest absolute Gasteiger partial charge is 0.318 e. The topological polar surface area (TPSA) is 54.3 Å². The average Bonchev–Trinajstić information content (AvgIpc) is 3.05. The molecule has 2 amide bonds. The lowest BCUT2D eigenvalue weighted by molar-refractivity contribution is -0.122. The SMILES string of the molecule is CCc1ccc(N2C(=O)/C(=C/c3cc(C)n(-c4ccc(F)cc4)c3C)C(=O)NC2=S)cc1. The molecule has 0 bridgehead atoms. The molecule has 1 aromatic heterocycles. The molecule has 3 aromatic rings. The van der Waals surface area contributed by atoms with Crippen LogP contribution < -0.4 is 10.2 Å². The van der Waals surface area contributed by atoms with Gasteiger partial charge < -0.3 is 4.57 Å². The maximum Gasteiger partial charge on any atom is 0.270 e. The lowest BCUT2D eigenvalue weighted by Gasteiger charge is -2.29. The van der Waals surface area contributed by atoms with Crippen LogP contribution in [0.15, 0.2) is 60.2 Å². The third-order valence-corrected chi connectivity index (χ3v) is 5.84. The van der Waals surface area contributed by atoms with Crippen molar-refractivity contribution in [1.82, 2.24) is 9.88 Å². The maximum atomic E-state index is 13.3. The standard InChI is InChI=1S/C25H22FN3O2S/c1-4-17-5-9-21(10-6-17)29-24(31)22(23(30)27-25(29)32)14-18-13-15(2)28(16(18)3)20-11-7-19(26)8-12-20/h5-14H,4H2,1-3H3,(H,27,30,32)/b22-14+. The molecule has 0 radical (unpaired) electrons. The summed E-state index contributed by atoms with van der Waals surface area (Å²) in [4.78, 5) is 27.3. The number of carbonyl (C=O) groups is 2. The van der Waals surface area contributed by atoms with Crippen molar-refractivity contribution in [2.45, 2.75) is 27.2 Å². The lowest BCUT2D eigenvalue weighted by Crippen LogP contribution is -2.54. The molecule has 1 saturated heterocycles. The first-order chi connectivity index (χ1) is 15.3. The van der Waals surface area contributed by atoms with Crippen molar-refractivity contribution in [2.24, 2.45) is 0 Å². The van der Waals surface area contributed by atoms with Crippen molar-refractivity contribution in [3.63, 3.8) is 0 Å². The Balaban J connectivity index is 1.73. The number of thiocarbonyl (C=S) groups is 1. The number of aromatic nitrogens is 1. The minimum atomic E-state index is -0.534. The Kier molecular flexibility index (Phi) is 5.76. The molecular weight excluding hydrogens is 425 g/mol. The maximum absolute atomic E-state index is 13.3. The van der Waals surface area contributed by atoms with Gasteiger partial charge in [-0.1, -0.05) is 19.1 Å². The Morgan fingerprint density at radius 3 is 2.25 bits per heavy atom. The Hall–Kier alpha value is -3.58. The van der Waals surface area contributed by atoms with Crippen LogP contribution in [-0.2, 0) is 16.0 Å². The molecule has 5 nitrogen and oxygen atoms in total. The number of carbonyl (C=O) groups excluding carboxylic acids is 2. The van der Waals surface area contributed by atoms with Crippen LogP contribution in [0.5, 0.6) is 0 Å². The summed E-state index contributed by atoms with van der Waals surface area (Å²) < 4.78 is 15.3. The molecule has 32 heavy (non-hydrogen) atoms. The summed E-state index contributed by atoms with van der Waals surface area (Å²) in [7, 11) is 0. The number of rotatable bonds is 4. The van der Waals surface area contributed by atoms with Crippen molar-refractivity contribution in [1.29, 1.82) is 0 Å². The smallest absolute Gasteiger partial charge is 0.270 e. The molecule has 2 aromatic carbocycles. The van der Waals surface area contributed by atoms with E-state index in [0.29, 0.717) is 5.69 Å². The van der Waals surface area contributed by atoms with E-state index in [9.17, 15) is 14.0 Å². The van der Waals surface area contributed by atoms with Crippen LogP contribution in [0.2, 0.25) is 0 Å². The van der Waals surface area contributed by atoms with Crippen LogP contribution >= 0.6 is 12.2 Å². The summed E-state index contributed by atoms with van der Waals surface area (Å²) in [6.45, 7) is 5.85. The quantitative estimate of drug-likeness (QED) is 0.361. The number of nitrogens with zero attached hydrogens (tertiary/aromatic N) is 2. The third-order valence-electron chi connectivity index (χ3n) is 5.56. The average molecular weight is 448 g/mol. The van der Waals surface area contributed by atoms with Gasteiger partial charge >= 0.3 is 0 Å². The van der Waals surface area contributed by atoms with Crippen LogP contribution in [0.4, 0.5) is 10.1 Å². The summed E-state index contributed by atoms with van der Waals surface area (Å²) in [6.07, 6.45) is 2.46. The molecule has 0 unspecified atom stereocenters. The van der Waals surface area contributed by atoms with Crippen molar-refractivity contribution in [3.05, 3.63) is 88.5 Å². The van der Waals surface area contributed by atoms with Gasteiger partial charge in [-0.2, -0.15) is 0 Å². The highest BCUT2D eigenvalue weighted by Gasteiger charge is 2.34. The Morgan fingerprint density at radius 1 is 1.00 bits per heavy atom. The summed E-state index contributed by atoms with van der Waals surface area (Å²) in [6, 6.07) is 15.6. The van der Waals surface area contributed by atoms with Gasteiger partial charge in [-0.3, -0.25) is 19.8 Å². The normalized spacial score (nSPS) is 15.4. The molecule has 0 atom stereocenters. The van der Waals surface area contributed by atoms with Gasteiger partial charge in [0.1, 0.15) is 11.4 Å². The van der Waals surface area contributed by atoms with Crippen LogP contribution in [0.25, 0.3) is 11.8 Å². The van der Waals surface area contributed by atoms with E-state index in [-0.39, 0.29) is 16.5 Å². The molecule has 7 heteroatoms. The molecule has 1 aliphatic rings. The van der Waals surface area contributed by atoms with E-state index in [0.717, 1.165) is 34.6 Å². The van der Waals surface area contributed by atoms with Gasteiger partial charge in [0.15, 0.2) is 5.11 Å². The number of aryl methyl sites for hydroxylation is 2. The summed E-state index contributed by atoms with van der Waals surface area (Å²) in [5, 5.41) is 2.67. The van der Waals surface area contributed by atoms with Crippen LogP contribution in [0.3, 0.4) is 0 Å². The predicted molar refractivity (Wildman–Crippen MR) is 127 cm³/mol. The van der Waals surface area contributed by atoms with E-state index in [1.807, 2.05) is 48.7 Å². The minimum Gasteiger partial charge on any atom is -0.318 e.